The molecule has 8 heteroatoms. The second-order valence-corrected chi connectivity index (χ2v) is 9.49. The van der Waals surface area contributed by atoms with Crippen LogP contribution in [-0.4, -0.2) is 27.3 Å². The average molecular weight is 452 g/mol. The zero-order valence-electron chi connectivity index (χ0n) is 17.9. The molecular formula is C24H25N3O4S. The lowest BCUT2D eigenvalue weighted by Crippen LogP contribution is -2.26. The van der Waals surface area contributed by atoms with E-state index in [1.807, 2.05) is 6.92 Å². The molecule has 0 saturated heterocycles. The fourth-order valence-corrected chi connectivity index (χ4v) is 4.32. The van der Waals surface area contributed by atoms with E-state index in [9.17, 15) is 18.0 Å². The van der Waals surface area contributed by atoms with Crippen LogP contribution >= 0.6 is 0 Å². The van der Waals surface area contributed by atoms with Gasteiger partial charge in [-0.2, -0.15) is 0 Å². The molecule has 0 aromatic heterocycles. The highest BCUT2D eigenvalue weighted by molar-refractivity contribution is 7.92. The van der Waals surface area contributed by atoms with Crippen molar-refractivity contribution in [3.8, 4) is 0 Å². The molecule has 0 bridgehead atoms. The van der Waals surface area contributed by atoms with Crippen LogP contribution in [0.4, 0.5) is 11.4 Å². The van der Waals surface area contributed by atoms with E-state index in [4.69, 9.17) is 5.73 Å². The highest BCUT2D eigenvalue weighted by atomic mass is 32.2. The molecule has 0 saturated carbocycles. The van der Waals surface area contributed by atoms with Crippen molar-refractivity contribution in [2.75, 3.05) is 16.7 Å². The second kappa shape index (κ2) is 9.65. The van der Waals surface area contributed by atoms with Crippen molar-refractivity contribution in [1.29, 1.82) is 0 Å². The monoisotopic (exact) mass is 451 g/mol. The number of sulfonamides is 1. The van der Waals surface area contributed by atoms with Crippen LogP contribution in [-0.2, 0) is 32.5 Å². The van der Waals surface area contributed by atoms with Crippen molar-refractivity contribution < 1.29 is 18.0 Å². The van der Waals surface area contributed by atoms with E-state index in [1.165, 1.54) is 11.4 Å². The lowest BCUT2D eigenvalue weighted by molar-refractivity contribution is -0.117. The van der Waals surface area contributed by atoms with Crippen LogP contribution < -0.4 is 15.4 Å². The molecule has 0 aliphatic rings. The lowest BCUT2D eigenvalue weighted by atomic mass is 10.1. The van der Waals surface area contributed by atoms with E-state index < -0.39 is 15.9 Å². The van der Waals surface area contributed by atoms with Gasteiger partial charge < -0.3 is 11.1 Å². The summed E-state index contributed by atoms with van der Waals surface area (Å²) in [6.07, 6.45) is 0.284. The number of anilines is 2. The third-order valence-corrected chi connectivity index (χ3v) is 6.76. The van der Waals surface area contributed by atoms with E-state index in [-0.39, 0.29) is 23.6 Å². The molecule has 3 aromatic carbocycles. The molecule has 0 aliphatic carbocycles. The van der Waals surface area contributed by atoms with Crippen LogP contribution in [0, 0.1) is 6.92 Å². The van der Waals surface area contributed by atoms with Gasteiger partial charge in [-0.15, -0.1) is 0 Å². The topological polar surface area (TPSA) is 110 Å². The summed E-state index contributed by atoms with van der Waals surface area (Å²) in [5, 5.41) is 2.80. The number of benzene rings is 3. The molecular weight excluding hydrogens is 426 g/mol. The molecule has 166 valence electrons. The van der Waals surface area contributed by atoms with Gasteiger partial charge in [-0.05, 0) is 54.4 Å². The number of carbonyl (C=O) groups excluding carboxylic acids is 2. The van der Waals surface area contributed by atoms with Crippen LogP contribution in [0.25, 0.3) is 0 Å². The third kappa shape index (κ3) is 5.73. The summed E-state index contributed by atoms with van der Waals surface area (Å²) < 4.78 is 26.9. The molecule has 0 heterocycles. The molecule has 3 N–H and O–H groups in total. The summed E-state index contributed by atoms with van der Waals surface area (Å²) in [7, 11) is -2.17. The summed E-state index contributed by atoms with van der Waals surface area (Å²) >= 11 is 0. The maximum absolute atomic E-state index is 12.8. The number of carbonyl (C=O) groups is 2. The molecule has 32 heavy (non-hydrogen) atoms. The van der Waals surface area contributed by atoms with Crippen molar-refractivity contribution in [1.82, 2.24) is 0 Å². The first-order valence-electron chi connectivity index (χ1n) is 9.97. The molecule has 3 aromatic rings. The summed E-state index contributed by atoms with van der Waals surface area (Å²) in [6, 6.07) is 20.4. The van der Waals surface area contributed by atoms with Gasteiger partial charge in [0.05, 0.1) is 23.4 Å². The number of nitrogens with zero attached hydrogens (tertiary/aromatic N) is 1. The molecule has 3 rings (SSSR count). The third-order valence-electron chi connectivity index (χ3n) is 4.96. The summed E-state index contributed by atoms with van der Waals surface area (Å²) in [6.45, 7) is 1.90. The number of aryl methyl sites for hydroxylation is 1. The summed E-state index contributed by atoms with van der Waals surface area (Å²) in [4.78, 5) is 23.5. The Morgan fingerprint density at radius 3 is 1.94 bits per heavy atom. The maximum Gasteiger partial charge on any atom is 0.264 e. The Morgan fingerprint density at radius 2 is 1.38 bits per heavy atom. The van der Waals surface area contributed by atoms with Crippen LogP contribution in [0.1, 0.15) is 16.7 Å². The van der Waals surface area contributed by atoms with Gasteiger partial charge in [-0.25, -0.2) is 8.42 Å². The van der Waals surface area contributed by atoms with Crippen molar-refractivity contribution >= 4 is 33.2 Å². The molecule has 0 radical (unpaired) electrons. The molecule has 0 atom stereocenters. The van der Waals surface area contributed by atoms with Gasteiger partial charge in [0.1, 0.15) is 0 Å². The second-order valence-electron chi connectivity index (χ2n) is 7.52. The number of rotatable bonds is 8. The Labute approximate surface area is 187 Å². The molecule has 2 amide bonds. The molecule has 0 unspecified atom stereocenters. The number of primary amides is 1. The number of nitrogens with one attached hydrogen (secondary N) is 1. The predicted octanol–water partition coefficient (Wildman–Crippen LogP) is 3.03. The van der Waals surface area contributed by atoms with Crippen molar-refractivity contribution in [3.63, 3.8) is 0 Å². The minimum Gasteiger partial charge on any atom is -0.369 e. The van der Waals surface area contributed by atoms with E-state index in [1.54, 1.807) is 72.8 Å². The quantitative estimate of drug-likeness (QED) is 0.548. The van der Waals surface area contributed by atoms with Crippen molar-refractivity contribution in [3.05, 3.63) is 89.5 Å². The van der Waals surface area contributed by atoms with Gasteiger partial charge in [0.2, 0.25) is 11.8 Å². The standard InChI is InChI=1S/C24H25N3O4S/c1-17-3-13-22(14-4-17)32(30,31)27(2)21-11-7-19(8-12-21)16-24(29)26-20-9-5-18(6-10-20)15-23(25)28/h3-14H,15-16H2,1-2H3,(H2,25,28)(H,26,29). The minimum absolute atomic E-state index is 0.137. The first kappa shape index (κ1) is 23.0. The van der Waals surface area contributed by atoms with Gasteiger partial charge in [0.25, 0.3) is 10.0 Å². The maximum atomic E-state index is 12.8. The largest absolute Gasteiger partial charge is 0.369 e. The zero-order chi connectivity index (χ0) is 23.3. The molecule has 0 fully saturated rings. The first-order chi connectivity index (χ1) is 15.1. The van der Waals surface area contributed by atoms with E-state index in [0.29, 0.717) is 11.4 Å². The summed E-state index contributed by atoms with van der Waals surface area (Å²) in [5.41, 5.74) is 8.79. The number of nitrogens with two attached hydrogens (primary N) is 1. The highest BCUT2D eigenvalue weighted by Gasteiger charge is 2.21. The Kier molecular flexibility index (Phi) is 6.95. The number of hydrogen-bond acceptors (Lipinski definition) is 4. The van der Waals surface area contributed by atoms with Crippen LogP contribution in [0.2, 0.25) is 0 Å². The normalized spacial score (nSPS) is 11.1. The Hall–Kier alpha value is -3.65. The zero-order valence-corrected chi connectivity index (χ0v) is 18.7. The van der Waals surface area contributed by atoms with Crippen molar-refractivity contribution in [2.45, 2.75) is 24.7 Å². The molecule has 0 spiro atoms. The average Bonchev–Trinajstić information content (AvgIpc) is 2.75. The van der Waals surface area contributed by atoms with Crippen LogP contribution in [0.15, 0.2) is 77.7 Å². The van der Waals surface area contributed by atoms with Gasteiger partial charge in [-0.1, -0.05) is 42.0 Å². The number of hydrogen-bond donors (Lipinski definition) is 2. The lowest BCUT2D eigenvalue weighted by Gasteiger charge is -2.20. The van der Waals surface area contributed by atoms with Gasteiger partial charge >= 0.3 is 0 Å². The fraction of sp³-hybridized carbons (Fsp3) is 0.167. The summed E-state index contributed by atoms with van der Waals surface area (Å²) in [5.74, 6) is -0.622. The van der Waals surface area contributed by atoms with Gasteiger partial charge in [-0.3, -0.25) is 13.9 Å². The number of amides is 2. The van der Waals surface area contributed by atoms with Crippen molar-refractivity contribution in [2.24, 2.45) is 5.73 Å². The first-order valence-corrected chi connectivity index (χ1v) is 11.4. The Bertz CT molecular complexity index is 1200. The Balaban J connectivity index is 1.63. The molecule has 7 nitrogen and oxygen atoms in total. The molecule has 0 aliphatic heterocycles. The van der Waals surface area contributed by atoms with E-state index in [2.05, 4.69) is 5.32 Å². The van der Waals surface area contributed by atoms with E-state index in [0.717, 1.165) is 16.7 Å². The fourth-order valence-electron chi connectivity index (χ4n) is 3.13. The Morgan fingerprint density at radius 1 is 0.844 bits per heavy atom. The smallest absolute Gasteiger partial charge is 0.264 e. The van der Waals surface area contributed by atoms with Crippen LogP contribution in [0.5, 0.6) is 0 Å². The van der Waals surface area contributed by atoms with Gasteiger partial charge in [0.15, 0.2) is 0 Å². The van der Waals surface area contributed by atoms with E-state index >= 15 is 0 Å². The highest BCUT2D eigenvalue weighted by Crippen LogP contribution is 2.23. The predicted molar refractivity (Wildman–Crippen MR) is 125 cm³/mol. The van der Waals surface area contributed by atoms with Crippen LogP contribution in [0.3, 0.4) is 0 Å². The SMILES string of the molecule is Cc1ccc(S(=O)(=O)N(C)c2ccc(CC(=O)Nc3ccc(CC(N)=O)cc3)cc2)cc1. The minimum atomic E-state index is -3.67. The van der Waals surface area contributed by atoms with Gasteiger partial charge in [0, 0.05) is 12.7 Å².